The molecule has 0 bridgehead atoms. The van der Waals surface area contributed by atoms with Crippen LogP contribution in [0.2, 0.25) is 0 Å². The van der Waals surface area contributed by atoms with Crippen LogP contribution in [0.5, 0.6) is 0 Å². The molecule has 2 amide bonds. The molecule has 2 aromatic rings. The topological polar surface area (TPSA) is 61.4 Å². The van der Waals surface area contributed by atoms with Crippen LogP contribution in [0.3, 0.4) is 0 Å². The molecule has 0 fully saturated rings. The highest BCUT2D eigenvalue weighted by atomic mass is 16.2. The van der Waals surface area contributed by atoms with Gasteiger partial charge in [0, 0.05) is 30.2 Å². The summed E-state index contributed by atoms with van der Waals surface area (Å²) in [5.74, 6) is -0.663. The molecule has 5 nitrogen and oxygen atoms in total. The van der Waals surface area contributed by atoms with E-state index < -0.39 is 0 Å². The first kappa shape index (κ1) is 18.5. The summed E-state index contributed by atoms with van der Waals surface area (Å²) in [6, 6.07) is 15.1. The highest BCUT2D eigenvalue weighted by molar-refractivity contribution is 6.08. The third-order valence-electron chi connectivity index (χ3n) is 3.90. The first-order valence-corrected chi connectivity index (χ1v) is 8.53. The Labute approximate surface area is 149 Å². The zero-order valence-electron chi connectivity index (χ0n) is 15.0. The number of nitrogens with one attached hydrogen (secondary N) is 2. The van der Waals surface area contributed by atoms with Gasteiger partial charge in [0.05, 0.1) is 0 Å². The zero-order valence-corrected chi connectivity index (χ0v) is 15.0. The van der Waals surface area contributed by atoms with Crippen molar-refractivity contribution in [2.45, 2.75) is 27.2 Å². The summed E-state index contributed by atoms with van der Waals surface area (Å²) in [5, 5.41) is 5.49. The normalized spacial score (nSPS) is 10.2. The van der Waals surface area contributed by atoms with Crippen LogP contribution in [-0.4, -0.2) is 24.9 Å². The molecular weight excluding hydrogens is 314 g/mol. The smallest absolute Gasteiger partial charge is 0.233 e. The monoisotopic (exact) mass is 339 g/mol. The van der Waals surface area contributed by atoms with Gasteiger partial charge in [-0.3, -0.25) is 9.59 Å². The maximum atomic E-state index is 12.0. The summed E-state index contributed by atoms with van der Waals surface area (Å²) in [5.41, 5.74) is 3.54. The minimum absolute atomic E-state index is 0.217. The molecular formula is C20H25N3O2. The van der Waals surface area contributed by atoms with Crippen molar-refractivity contribution in [3.8, 4) is 0 Å². The summed E-state index contributed by atoms with van der Waals surface area (Å²) < 4.78 is 0. The second kappa shape index (κ2) is 8.87. The summed E-state index contributed by atoms with van der Waals surface area (Å²) in [6.07, 6.45) is -0.217. The molecule has 0 aliphatic carbocycles. The molecule has 0 heterocycles. The zero-order chi connectivity index (χ0) is 18.2. The van der Waals surface area contributed by atoms with Gasteiger partial charge in [-0.15, -0.1) is 0 Å². The van der Waals surface area contributed by atoms with E-state index in [2.05, 4.69) is 29.4 Å². The molecule has 132 valence electrons. The molecule has 0 aliphatic rings. The maximum Gasteiger partial charge on any atom is 0.233 e. The largest absolute Gasteiger partial charge is 0.372 e. The van der Waals surface area contributed by atoms with Gasteiger partial charge in [0.15, 0.2) is 0 Å². The van der Waals surface area contributed by atoms with Crippen molar-refractivity contribution in [1.29, 1.82) is 0 Å². The van der Waals surface area contributed by atoms with E-state index in [4.69, 9.17) is 0 Å². The molecule has 5 heteroatoms. The number of rotatable bonds is 7. The molecule has 0 spiro atoms. The minimum atomic E-state index is -0.333. The van der Waals surface area contributed by atoms with Crippen LogP contribution in [-0.2, 0) is 9.59 Å². The number of aryl methyl sites for hydroxylation is 1. The second-order valence-electron chi connectivity index (χ2n) is 5.86. The van der Waals surface area contributed by atoms with Crippen LogP contribution in [0.4, 0.5) is 17.1 Å². The number of hydrogen-bond acceptors (Lipinski definition) is 3. The first-order chi connectivity index (χ1) is 12.0. The number of carbonyl (C=O) groups excluding carboxylic acids is 2. The Balaban J connectivity index is 1.88. The van der Waals surface area contributed by atoms with Crippen molar-refractivity contribution in [3.05, 3.63) is 54.1 Å². The van der Waals surface area contributed by atoms with E-state index in [0.717, 1.165) is 24.3 Å². The van der Waals surface area contributed by atoms with Crippen LogP contribution < -0.4 is 15.5 Å². The molecule has 0 saturated heterocycles. The molecule has 0 radical (unpaired) electrons. The van der Waals surface area contributed by atoms with Gasteiger partial charge in [0.2, 0.25) is 11.8 Å². The lowest BCUT2D eigenvalue weighted by molar-refractivity contribution is -0.123. The Morgan fingerprint density at radius 2 is 1.48 bits per heavy atom. The number of benzene rings is 2. The lowest BCUT2D eigenvalue weighted by Gasteiger charge is -2.21. The van der Waals surface area contributed by atoms with Crippen LogP contribution in [0, 0.1) is 6.92 Å². The van der Waals surface area contributed by atoms with Crippen molar-refractivity contribution in [2.24, 2.45) is 0 Å². The predicted octanol–water partition coefficient (Wildman–Crippen LogP) is 3.81. The van der Waals surface area contributed by atoms with E-state index in [1.54, 1.807) is 6.07 Å². The van der Waals surface area contributed by atoms with Crippen molar-refractivity contribution in [1.82, 2.24) is 0 Å². The van der Waals surface area contributed by atoms with Gasteiger partial charge in [0.25, 0.3) is 0 Å². The quantitative estimate of drug-likeness (QED) is 0.754. The average Bonchev–Trinajstić information content (AvgIpc) is 2.57. The summed E-state index contributed by atoms with van der Waals surface area (Å²) in [6.45, 7) is 8.02. The molecule has 0 aliphatic heterocycles. The number of anilines is 3. The van der Waals surface area contributed by atoms with Crippen LogP contribution >= 0.6 is 0 Å². The lowest BCUT2D eigenvalue weighted by Crippen LogP contribution is -2.22. The van der Waals surface area contributed by atoms with Gasteiger partial charge in [-0.1, -0.05) is 12.1 Å². The lowest BCUT2D eigenvalue weighted by atomic mass is 10.2. The minimum Gasteiger partial charge on any atom is -0.372 e. The molecule has 2 aromatic carbocycles. The van der Waals surface area contributed by atoms with Gasteiger partial charge >= 0.3 is 0 Å². The van der Waals surface area contributed by atoms with Crippen molar-refractivity contribution >= 4 is 28.9 Å². The summed E-state index contributed by atoms with van der Waals surface area (Å²) >= 11 is 0. The number of hydrogen-bond donors (Lipinski definition) is 2. The third kappa shape index (κ3) is 5.64. The molecule has 0 aromatic heterocycles. The fraction of sp³-hybridized carbons (Fsp3) is 0.300. The number of carbonyl (C=O) groups is 2. The van der Waals surface area contributed by atoms with E-state index in [0.29, 0.717) is 11.4 Å². The SMILES string of the molecule is CCN(CC)c1ccc(NC(=O)CC(=O)Nc2cccc(C)c2)cc1. The van der Waals surface area contributed by atoms with Gasteiger partial charge in [-0.2, -0.15) is 0 Å². The standard InChI is InChI=1S/C20H25N3O2/c1-4-23(5-2)18-11-9-16(10-12-18)21-19(24)14-20(25)22-17-8-6-7-15(3)13-17/h6-13H,4-5,14H2,1-3H3,(H,21,24)(H,22,25). The van der Waals surface area contributed by atoms with E-state index in [-0.39, 0.29) is 18.2 Å². The Hall–Kier alpha value is -2.82. The average molecular weight is 339 g/mol. The van der Waals surface area contributed by atoms with Crippen molar-refractivity contribution < 1.29 is 9.59 Å². The molecule has 2 N–H and O–H groups in total. The molecule has 0 saturated carbocycles. The number of amides is 2. The summed E-state index contributed by atoms with van der Waals surface area (Å²) in [4.78, 5) is 26.2. The third-order valence-corrected chi connectivity index (χ3v) is 3.90. The van der Waals surface area contributed by atoms with Crippen LogP contribution in [0.25, 0.3) is 0 Å². The maximum absolute atomic E-state index is 12.0. The Morgan fingerprint density at radius 3 is 2.04 bits per heavy atom. The summed E-state index contributed by atoms with van der Waals surface area (Å²) in [7, 11) is 0. The fourth-order valence-electron chi connectivity index (χ4n) is 2.62. The van der Waals surface area contributed by atoms with Gasteiger partial charge in [-0.25, -0.2) is 0 Å². The van der Waals surface area contributed by atoms with E-state index in [9.17, 15) is 9.59 Å². The van der Waals surface area contributed by atoms with E-state index >= 15 is 0 Å². The Bertz CT molecular complexity index is 722. The van der Waals surface area contributed by atoms with Crippen molar-refractivity contribution in [2.75, 3.05) is 28.6 Å². The second-order valence-corrected chi connectivity index (χ2v) is 5.86. The number of nitrogens with zero attached hydrogens (tertiary/aromatic N) is 1. The molecule has 25 heavy (non-hydrogen) atoms. The van der Waals surface area contributed by atoms with Crippen molar-refractivity contribution in [3.63, 3.8) is 0 Å². The van der Waals surface area contributed by atoms with Gasteiger partial charge < -0.3 is 15.5 Å². The van der Waals surface area contributed by atoms with E-state index in [1.165, 1.54) is 0 Å². The highest BCUT2D eigenvalue weighted by Crippen LogP contribution is 2.18. The molecule has 2 rings (SSSR count). The van der Waals surface area contributed by atoms with Crippen LogP contribution in [0.15, 0.2) is 48.5 Å². The van der Waals surface area contributed by atoms with E-state index in [1.807, 2.05) is 49.4 Å². The Morgan fingerprint density at radius 1 is 0.880 bits per heavy atom. The Kier molecular flexibility index (Phi) is 6.57. The molecule has 0 unspecified atom stereocenters. The van der Waals surface area contributed by atoms with Gasteiger partial charge in [-0.05, 0) is 62.7 Å². The highest BCUT2D eigenvalue weighted by Gasteiger charge is 2.10. The van der Waals surface area contributed by atoms with Gasteiger partial charge in [0.1, 0.15) is 6.42 Å². The molecule has 0 atom stereocenters. The van der Waals surface area contributed by atoms with Crippen LogP contribution in [0.1, 0.15) is 25.8 Å². The fourth-order valence-corrected chi connectivity index (χ4v) is 2.62. The predicted molar refractivity (Wildman–Crippen MR) is 103 cm³/mol. The first-order valence-electron chi connectivity index (χ1n) is 8.53.